The van der Waals surface area contributed by atoms with Crippen LogP contribution in [0.3, 0.4) is 0 Å². The van der Waals surface area contributed by atoms with Crippen LogP contribution in [-0.4, -0.2) is 63.3 Å². The van der Waals surface area contributed by atoms with E-state index in [0.29, 0.717) is 29.6 Å². The number of halogens is 1. The maximum absolute atomic E-state index is 12.6. The Labute approximate surface area is 205 Å². The molecule has 0 saturated carbocycles. The predicted molar refractivity (Wildman–Crippen MR) is 134 cm³/mol. The second-order valence-electron chi connectivity index (χ2n) is 8.75. The third-order valence-corrected chi connectivity index (χ3v) is 7.02. The first kappa shape index (κ1) is 22.9. The number of aromatic nitrogens is 4. The largest absolute Gasteiger partial charge is 0.481 e. The molecule has 1 N–H and O–H groups in total. The summed E-state index contributed by atoms with van der Waals surface area (Å²) in [4.78, 5) is 35.8. The third-order valence-electron chi connectivity index (χ3n) is 6.59. The van der Waals surface area contributed by atoms with E-state index in [2.05, 4.69) is 42.2 Å². The molecule has 0 radical (unpaired) electrons. The van der Waals surface area contributed by atoms with E-state index < -0.39 is 0 Å². The van der Waals surface area contributed by atoms with Gasteiger partial charge in [0.1, 0.15) is 11.2 Å². The highest BCUT2D eigenvalue weighted by molar-refractivity contribution is 9.10. The molecular formula is C24H27BrN6O3. The Morgan fingerprint density at radius 3 is 2.79 bits per heavy atom. The molecule has 9 nitrogen and oxygen atoms in total. The second-order valence-corrected chi connectivity index (χ2v) is 9.66. The number of methoxy groups -OCH3 is 1. The minimum absolute atomic E-state index is 0.0469. The number of likely N-dealkylation sites (tertiary alicyclic amines) is 1. The molecule has 3 aromatic rings. The lowest BCUT2D eigenvalue weighted by atomic mass is 10.0. The van der Waals surface area contributed by atoms with Crippen molar-refractivity contribution in [2.24, 2.45) is 0 Å². The quantitative estimate of drug-likeness (QED) is 0.503. The van der Waals surface area contributed by atoms with Crippen LogP contribution < -0.4 is 21.2 Å². The molecule has 0 bridgehead atoms. The molecule has 0 spiro atoms. The molecule has 1 unspecified atom stereocenters. The van der Waals surface area contributed by atoms with E-state index in [4.69, 9.17) is 4.74 Å². The zero-order chi connectivity index (χ0) is 23.7. The average Bonchev–Trinajstić information content (AvgIpc) is 3.23. The maximum Gasteiger partial charge on any atom is 0.270 e. The van der Waals surface area contributed by atoms with Gasteiger partial charge in [-0.15, -0.1) is 0 Å². The normalized spacial score (nSPS) is 18.8. The van der Waals surface area contributed by atoms with Crippen LogP contribution in [0.1, 0.15) is 24.4 Å². The zero-order valence-corrected chi connectivity index (χ0v) is 20.6. The van der Waals surface area contributed by atoms with Crippen LogP contribution in [0, 0.1) is 0 Å². The maximum atomic E-state index is 12.6. The second kappa shape index (κ2) is 9.81. The van der Waals surface area contributed by atoms with Gasteiger partial charge < -0.3 is 15.0 Å². The number of pyridine rings is 2. The summed E-state index contributed by atoms with van der Waals surface area (Å²) in [7, 11) is 1.62. The molecule has 1 atom stereocenters. The Hall–Kier alpha value is -2.82. The lowest BCUT2D eigenvalue weighted by Gasteiger charge is -2.34. The smallest absolute Gasteiger partial charge is 0.270 e. The summed E-state index contributed by atoms with van der Waals surface area (Å²) >= 11 is 3.45. The monoisotopic (exact) mass is 526 g/mol. The van der Waals surface area contributed by atoms with Crippen LogP contribution >= 0.6 is 15.9 Å². The molecule has 178 valence electrons. The van der Waals surface area contributed by atoms with Gasteiger partial charge in [-0.05, 0) is 54.0 Å². The molecule has 5 rings (SSSR count). The van der Waals surface area contributed by atoms with E-state index in [1.165, 1.54) is 12.3 Å². The van der Waals surface area contributed by atoms with Crippen molar-refractivity contribution < 1.29 is 4.74 Å². The van der Waals surface area contributed by atoms with Crippen LogP contribution in [0.4, 0.5) is 0 Å². The van der Waals surface area contributed by atoms with Gasteiger partial charge in [0.2, 0.25) is 5.88 Å². The Kier molecular flexibility index (Phi) is 6.62. The molecule has 1 saturated heterocycles. The summed E-state index contributed by atoms with van der Waals surface area (Å²) in [5, 5.41) is 3.61. The summed E-state index contributed by atoms with van der Waals surface area (Å²) in [5.41, 5.74) is 2.04. The molecule has 3 aromatic heterocycles. The van der Waals surface area contributed by atoms with Gasteiger partial charge in [0.15, 0.2) is 0 Å². The topological polar surface area (TPSA) is 94.3 Å². The molecule has 0 amide bonds. The number of hydrogen-bond acceptors (Lipinski definition) is 7. The highest BCUT2D eigenvalue weighted by atomic mass is 79.9. The van der Waals surface area contributed by atoms with Gasteiger partial charge in [0, 0.05) is 48.0 Å². The van der Waals surface area contributed by atoms with Crippen LogP contribution in [0.25, 0.3) is 17.2 Å². The van der Waals surface area contributed by atoms with Crippen molar-refractivity contribution in [3.8, 4) is 5.88 Å². The molecule has 34 heavy (non-hydrogen) atoms. The average molecular weight is 527 g/mol. The Bertz CT molecular complexity index is 1340. The molecule has 1 fully saturated rings. The SMILES string of the molecule is COc1ncc(Br)cc1/C=C/CNC1CCN(CC2Cn3c(=O)ccc4ncc(=O)n2c43)CC1. The Morgan fingerprint density at radius 2 is 2.00 bits per heavy atom. The van der Waals surface area contributed by atoms with Crippen molar-refractivity contribution >= 4 is 33.2 Å². The fourth-order valence-corrected chi connectivity index (χ4v) is 5.28. The van der Waals surface area contributed by atoms with Crippen molar-refractivity contribution in [2.45, 2.75) is 31.5 Å². The van der Waals surface area contributed by atoms with Gasteiger partial charge in [0.05, 0.1) is 19.3 Å². The standard InChI is InChI=1S/C24H27BrN6O3/c1-34-23-16(11-17(25)12-28-23)3-2-8-26-18-6-9-29(10-7-18)14-19-15-30-21(32)5-4-20-24(30)31(19)22(33)13-27-20/h2-5,11-13,18-19,26H,6-10,14-15H2,1H3/b3-2+. The summed E-state index contributed by atoms with van der Waals surface area (Å²) in [6, 6.07) is 5.61. The number of nitrogens with one attached hydrogen (secondary N) is 1. The first-order valence-corrected chi connectivity index (χ1v) is 12.3. The number of rotatable bonds is 7. The molecule has 2 aliphatic heterocycles. The first-order chi connectivity index (χ1) is 16.5. The van der Waals surface area contributed by atoms with E-state index in [1.54, 1.807) is 28.5 Å². The van der Waals surface area contributed by atoms with Gasteiger partial charge in [-0.2, -0.15) is 0 Å². The fraction of sp³-hybridized carbons (Fsp3) is 0.417. The predicted octanol–water partition coefficient (Wildman–Crippen LogP) is 2.05. The summed E-state index contributed by atoms with van der Waals surface area (Å²) in [5.74, 6) is 0.606. The van der Waals surface area contributed by atoms with Crippen LogP contribution in [-0.2, 0) is 6.54 Å². The molecule has 5 heterocycles. The Morgan fingerprint density at radius 1 is 1.18 bits per heavy atom. The summed E-state index contributed by atoms with van der Waals surface area (Å²) < 4.78 is 9.67. The van der Waals surface area contributed by atoms with Crippen molar-refractivity contribution in [2.75, 3.05) is 33.3 Å². The number of ether oxygens (including phenoxy) is 1. The van der Waals surface area contributed by atoms with E-state index in [9.17, 15) is 9.59 Å². The summed E-state index contributed by atoms with van der Waals surface area (Å²) in [6.07, 6.45) is 9.27. The van der Waals surface area contributed by atoms with Crippen molar-refractivity contribution in [3.05, 3.63) is 67.4 Å². The van der Waals surface area contributed by atoms with Gasteiger partial charge in [-0.3, -0.25) is 18.7 Å². The van der Waals surface area contributed by atoms with E-state index in [0.717, 1.165) is 49.1 Å². The lowest BCUT2D eigenvalue weighted by molar-refractivity contribution is 0.173. The molecule has 10 heteroatoms. The van der Waals surface area contributed by atoms with Crippen LogP contribution in [0.5, 0.6) is 5.88 Å². The highest BCUT2D eigenvalue weighted by Crippen LogP contribution is 2.24. The zero-order valence-electron chi connectivity index (χ0n) is 19.0. The van der Waals surface area contributed by atoms with Crippen LogP contribution in [0.2, 0.25) is 0 Å². The van der Waals surface area contributed by atoms with E-state index >= 15 is 0 Å². The van der Waals surface area contributed by atoms with Crippen LogP contribution in [0.15, 0.2) is 50.7 Å². The highest BCUT2D eigenvalue weighted by Gasteiger charge is 2.29. The van der Waals surface area contributed by atoms with Gasteiger partial charge in [-0.1, -0.05) is 12.2 Å². The fourth-order valence-electron chi connectivity index (χ4n) is 4.93. The molecule has 0 aliphatic carbocycles. The van der Waals surface area contributed by atoms with Crippen molar-refractivity contribution in [3.63, 3.8) is 0 Å². The molecular weight excluding hydrogens is 500 g/mol. The Balaban J connectivity index is 1.15. The van der Waals surface area contributed by atoms with Gasteiger partial charge in [-0.25, -0.2) is 9.97 Å². The minimum Gasteiger partial charge on any atom is -0.481 e. The minimum atomic E-state index is -0.144. The van der Waals surface area contributed by atoms with Crippen molar-refractivity contribution in [1.29, 1.82) is 0 Å². The number of piperidine rings is 1. The summed E-state index contributed by atoms with van der Waals surface area (Å²) in [6.45, 7) is 3.95. The number of nitrogens with zero attached hydrogens (tertiary/aromatic N) is 5. The molecule has 2 aliphatic rings. The lowest BCUT2D eigenvalue weighted by Crippen LogP contribution is -2.44. The van der Waals surface area contributed by atoms with Gasteiger partial charge in [0.25, 0.3) is 11.1 Å². The van der Waals surface area contributed by atoms with Crippen molar-refractivity contribution in [1.82, 2.24) is 29.3 Å². The van der Waals surface area contributed by atoms with E-state index in [-0.39, 0.29) is 17.2 Å². The first-order valence-electron chi connectivity index (χ1n) is 11.5. The van der Waals surface area contributed by atoms with Gasteiger partial charge >= 0.3 is 0 Å². The van der Waals surface area contributed by atoms with E-state index in [1.807, 2.05) is 12.1 Å². The third kappa shape index (κ3) is 4.57. The molecule has 0 aromatic carbocycles. The number of hydrogen-bond donors (Lipinski definition) is 1.